The quantitative estimate of drug-likeness (QED) is 0.619. The van der Waals surface area contributed by atoms with Gasteiger partial charge in [0.15, 0.2) is 4.34 Å². The van der Waals surface area contributed by atoms with Gasteiger partial charge in [-0.05, 0) is 12.1 Å². The summed E-state index contributed by atoms with van der Waals surface area (Å²) in [6.45, 7) is 0. The van der Waals surface area contributed by atoms with Gasteiger partial charge in [-0.25, -0.2) is 4.98 Å². The number of hydrogen-bond donors (Lipinski definition) is 3. The zero-order chi connectivity index (χ0) is 16.3. The van der Waals surface area contributed by atoms with Gasteiger partial charge in [0.1, 0.15) is 5.25 Å². The van der Waals surface area contributed by atoms with Gasteiger partial charge in [0, 0.05) is 6.42 Å². The van der Waals surface area contributed by atoms with Crippen LogP contribution in [0.15, 0.2) is 28.6 Å². The highest BCUT2D eigenvalue weighted by molar-refractivity contribution is 8.02. The number of benzene rings is 1. The number of thiazole rings is 1. The molecule has 1 heterocycles. The van der Waals surface area contributed by atoms with Crippen molar-refractivity contribution in [2.45, 2.75) is 16.0 Å². The number of hydrogen-bond acceptors (Lipinski definition) is 6. The predicted octanol–water partition coefficient (Wildman–Crippen LogP) is 0.219. The number of rotatable bonds is 7. The fraction of sp³-hybridized carbons (Fsp3) is 0.231. The van der Waals surface area contributed by atoms with Crippen LogP contribution in [0.5, 0.6) is 0 Å². The number of para-hydroxylation sites is 1. The van der Waals surface area contributed by atoms with Gasteiger partial charge < -0.3 is 17.2 Å². The lowest BCUT2D eigenvalue weighted by atomic mass is 9.99. The molecule has 6 N–H and O–H groups in total. The normalized spacial score (nSPS) is 13.6. The molecule has 22 heavy (non-hydrogen) atoms. The van der Waals surface area contributed by atoms with E-state index in [1.54, 1.807) is 0 Å². The summed E-state index contributed by atoms with van der Waals surface area (Å²) in [7, 11) is 0. The molecule has 0 aliphatic rings. The maximum atomic E-state index is 11.7. The van der Waals surface area contributed by atoms with Crippen LogP contribution in [0.4, 0.5) is 0 Å². The number of aromatic nitrogens is 1. The molecule has 2 rings (SSSR count). The van der Waals surface area contributed by atoms with Crippen LogP contribution in [-0.2, 0) is 14.4 Å². The third-order valence-electron chi connectivity index (χ3n) is 2.93. The maximum Gasteiger partial charge on any atom is 0.231 e. The van der Waals surface area contributed by atoms with Gasteiger partial charge in [-0.1, -0.05) is 23.9 Å². The number of thioether (sulfide) groups is 1. The molecule has 0 bridgehead atoms. The molecule has 0 radical (unpaired) electrons. The summed E-state index contributed by atoms with van der Waals surface area (Å²) in [6, 6.07) is 7.46. The summed E-state index contributed by atoms with van der Waals surface area (Å²) < 4.78 is 1.51. The zero-order valence-corrected chi connectivity index (χ0v) is 13.0. The van der Waals surface area contributed by atoms with Gasteiger partial charge in [-0.2, -0.15) is 0 Å². The van der Waals surface area contributed by atoms with E-state index in [9.17, 15) is 14.4 Å². The summed E-state index contributed by atoms with van der Waals surface area (Å²) >= 11 is 2.39. The Bertz CT molecular complexity index is 698. The first-order valence-corrected chi connectivity index (χ1v) is 7.97. The van der Waals surface area contributed by atoms with Gasteiger partial charge in [-0.15, -0.1) is 11.3 Å². The first kappa shape index (κ1) is 16.2. The average molecular weight is 338 g/mol. The van der Waals surface area contributed by atoms with E-state index in [-0.39, 0.29) is 6.42 Å². The molecule has 0 spiro atoms. The van der Waals surface area contributed by atoms with Gasteiger partial charge in [0.25, 0.3) is 0 Å². The van der Waals surface area contributed by atoms with Crippen LogP contribution in [0, 0.1) is 5.92 Å². The van der Waals surface area contributed by atoms with Crippen molar-refractivity contribution >= 4 is 51.0 Å². The largest absolute Gasteiger partial charge is 0.370 e. The lowest BCUT2D eigenvalue weighted by Gasteiger charge is -2.19. The van der Waals surface area contributed by atoms with E-state index in [0.29, 0.717) is 4.34 Å². The van der Waals surface area contributed by atoms with Crippen molar-refractivity contribution in [3.63, 3.8) is 0 Å². The fourth-order valence-electron chi connectivity index (χ4n) is 1.92. The Morgan fingerprint density at radius 3 is 2.36 bits per heavy atom. The number of carbonyl (C=O) groups excluding carboxylic acids is 3. The second-order valence-corrected chi connectivity index (χ2v) is 6.99. The number of nitrogens with two attached hydrogens (primary N) is 3. The van der Waals surface area contributed by atoms with Crippen molar-refractivity contribution < 1.29 is 14.4 Å². The Balaban J connectivity index is 2.28. The summed E-state index contributed by atoms with van der Waals surface area (Å²) in [6.07, 6.45) is -0.333. The molecule has 0 fully saturated rings. The predicted molar refractivity (Wildman–Crippen MR) is 85.0 cm³/mol. The molecule has 9 heteroatoms. The monoisotopic (exact) mass is 338 g/mol. The van der Waals surface area contributed by atoms with E-state index in [4.69, 9.17) is 17.2 Å². The number of carbonyl (C=O) groups is 3. The summed E-state index contributed by atoms with van der Waals surface area (Å²) in [5.74, 6) is -3.32. The van der Waals surface area contributed by atoms with E-state index < -0.39 is 28.9 Å². The van der Waals surface area contributed by atoms with Crippen LogP contribution in [-0.4, -0.2) is 28.0 Å². The molecule has 0 aliphatic heterocycles. The highest BCUT2D eigenvalue weighted by Crippen LogP contribution is 2.35. The standard InChI is InChI=1S/C13H14N4O3S2/c14-9(18)5-6(11(15)19)10(12(16)20)22-13-17-7-3-1-2-4-8(7)21-13/h1-4,6,10H,5H2,(H2,14,18)(H2,15,19)(H2,16,20). The number of nitrogens with zero attached hydrogens (tertiary/aromatic N) is 1. The molecule has 0 aliphatic carbocycles. The van der Waals surface area contributed by atoms with E-state index in [1.807, 2.05) is 24.3 Å². The molecule has 2 unspecified atom stereocenters. The second-order valence-electron chi connectivity index (χ2n) is 4.57. The minimum atomic E-state index is -1.06. The smallest absolute Gasteiger partial charge is 0.231 e. The molecule has 2 aromatic rings. The minimum Gasteiger partial charge on any atom is -0.370 e. The molecule has 2 atom stereocenters. The Morgan fingerprint density at radius 2 is 1.82 bits per heavy atom. The molecule has 3 amide bonds. The first-order valence-electron chi connectivity index (χ1n) is 6.27. The molecule has 0 saturated carbocycles. The van der Waals surface area contributed by atoms with Crippen molar-refractivity contribution in [2.24, 2.45) is 23.1 Å². The van der Waals surface area contributed by atoms with Crippen LogP contribution in [0.2, 0.25) is 0 Å². The minimum absolute atomic E-state index is 0.333. The molecular formula is C13H14N4O3S2. The van der Waals surface area contributed by atoms with Gasteiger partial charge in [0.05, 0.1) is 16.1 Å². The van der Waals surface area contributed by atoms with Crippen molar-refractivity contribution in [1.82, 2.24) is 4.98 Å². The van der Waals surface area contributed by atoms with E-state index in [0.717, 1.165) is 22.0 Å². The SMILES string of the molecule is NC(=O)CC(C(N)=O)C(Sc1nc2ccccc2s1)C(N)=O. The van der Waals surface area contributed by atoms with E-state index >= 15 is 0 Å². The highest BCUT2D eigenvalue weighted by atomic mass is 32.2. The third-order valence-corrected chi connectivity index (χ3v) is 5.41. The van der Waals surface area contributed by atoms with Crippen LogP contribution in [0.3, 0.4) is 0 Å². The lowest BCUT2D eigenvalue weighted by molar-refractivity contribution is -0.129. The Hall–Kier alpha value is -2.13. The van der Waals surface area contributed by atoms with Crippen molar-refractivity contribution in [2.75, 3.05) is 0 Å². The van der Waals surface area contributed by atoms with E-state index in [2.05, 4.69) is 4.98 Å². The van der Waals surface area contributed by atoms with Crippen LogP contribution in [0.1, 0.15) is 6.42 Å². The lowest BCUT2D eigenvalue weighted by Crippen LogP contribution is -2.42. The fourth-order valence-corrected chi connectivity index (χ4v) is 4.27. The van der Waals surface area contributed by atoms with Crippen LogP contribution < -0.4 is 17.2 Å². The number of fused-ring (bicyclic) bond motifs is 1. The van der Waals surface area contributed by atoms with Gasteiger partial charge in [-0.3, -0.25) is 14.4 Å². The number of primary amides is 3. The topological polar surface area (TPSA) is 142 Å². The zero-order valence-electron chi connectivity index (χ0n) is 11.4. The average Bonchev–Trinajstić information content (AvgIpc) is 2.84. The van der Waals surface area contributed by atoms with Crippen molar-refractivity contribution in [3.05, 3.63) is 24.3 Å². The molecule has 116 valence electrons. The van der Waals surface area contributed by atoms with Crippen LogP contribution in [0.25, 0.3) is 10.2 Å². The summed E-state index contributed by atoms with van der Waals surface area (Å²) in [4.78, 5) is 38.6. The Kier molecular flexibility index (Phi) is 4.99. The summed E-state index contributed by atoms with van der Waals surface area (Å²) in [5.41, 5.74) is 16.5. The van der Waals surface area contributed by atoms with Crippen molar-refractivity contribution in [3.8, 4) is 0 Å². The Labute approximate surface area is 134 Å². The van der Waals surface area contributed by atoms with Crippen LogP contribution >= 0.6 is 23.1 Å². The highest BCUT2D eigenvalue weighted by Gasteiger charge is 2.34. The van der Waals surface area contributed by atoms with E-state index in [1.165, 1.54) is 11.3 Å². The summed E-state index contributed by atoms with van der Waals surface area (Å²) in [5, 5.41) is -0.995. The first-order chi connectivity index (χ1) is 10.4. The molecule has 1 aromatic carbocycles. The van der Waals surface area contributed by atoms with Gasteiger partial charge in [0.2, 0.25) is 17.7 Å². The molecule has 0 saturated heterocycles. The third kappa shape index (κ3) is 3.74. The molecule has 7 nitrogen and oxygen atoms in total. The van der Waals surface area contributed by atoms with Gasteiger partial charge >= 0.3 is 0 Å². The number of amides is 3. The Morgan fingerprint density at radius 1 is 1.14 bits per heavy atom. The molecular weight excluding hydrogens is 324 g/mol. The maximum absolute atomic E-state index is 11.7. The second kappa shape index (κ2) is 6.75. The molecule has 1 aromatic heterocycles. The van der Waals surface area contributed by atoms with Crippen molar-refractivity contribution in [1.29, 1.82) is 0 Å².